The van der Waals surface area contributed by atoms with Crippen molar-refractivity contribution in [1.29, 1.82) is 0 Å². The van der Waals surface area contributed by atoms with E-state index in [0.29, 0.717) is 24.2 Å². The van der Waals surface area contributed by atoms with Gasteiger partial charge in [-0.2, -0.15) is 4.98 Å². The van der Waals surface area contributed by atoms with Crippen molar-refractivity contribution >= 4 is 5.91 Å². The van der Waals surface area contributed by atoms with E-state index in [2.05, 4.69) is 20.8 Å². The lowest BCUT2D eigenvalue weighted by atomic mass is 9.79. The second-order valence-corrected chi connectivity index (χ2v) is 7.02. The lowest BCUT2D eigenvalue weighted by molar-refractivity contribution is -0.141. The molecule has 0 radical (unpaired) electrons. The molecule has 2 fully saturated rings. The number of rotatable bonds is 5. The highest BCUT2D eigenvalue weighted by molar-refractivity contribution is 5.84. The minimum absolute atomic E-state index is 0.127. The summed E-state index contributed by atoms with van der Waals surface area (Å²) in [6, 6.07) is 7.45. The number of hydrogen-bond acceptors (Lipinski definition) is 7. The molecule has 0 atom stereocenters. The van der Waals surface area contributed by atoms with E-state index in [1.807, 2.05) is 24.3 Å². The Morgan fingerprint density at radius 1 is 1.31 bits per heavy atom. The monoisotopic (exact) mass is 357 g/mol. The zero-order valence-electron chi connectivity index (χ0n) is 15.0. The first-order chi connectivity index (χ1) is 12.6. The summed E-state index contributed by atoms with van der Waals surface area (Å²) in [6.07, 6.45) is 0. The number of aromatic nitrogens is 2. The van der Waals surface area contributed by atoms with E-state index in [4.69, 9.17) is 9.26 Å². The smallest absolute Gasteiger partial charge is 0.246 e. The lowest BCUT2D eigenvalue weighted by Gasteiger charge is -2.30. The lowest BCUT2D eigenvalue weighted by Crippen LogP contribution is -2.47. The number of nitrogens with one attached hydrogen (secondary N) is 2. The van der Waals surface area contributed by atoms with Gasteiger partial charge < -0.3 is 24.8 Å². The third-order valence-corrected chi connectivity index (χ3v) is 5.41. The number of nitrogens with zero attached hydrogens (tertiary/aromatic N) is 3. The number of hydrogen-bond donors (Lipinski definition) is 2. The molecule has 0 spiro atoms. The van der Waals surface area contributed by atoms with Gasteiger partial charge in [-0.15, -0.1) is 0 Å². The van der Waals surface area contributed by atoms with E-state index in [9.17, 15) is 4.79 Å². The van der Waals surface area contributed by atoms with Gasteiger partial charge in [-0.3, -0.25) is 4.79 Å². The summed E-state index contributed by atoms with van der Waals surface area (Å²) in [6.45, 7) is 3.50. The molecule has 1 amide bonds. The Balaban J connectivity index is 1.45. The minimum atomic E-state index is -0.354. The van der Waals surface area contributed by atoms with Gasteiger partial charge in [-0.05, 0) is 24.3 Å². The van der Waals surface area contributed by atoms with Gasteiger partial charge in [0.2, 0.25) is 17.6 Å². The van der Waals surface area contributed by atoms with Gasteiger partial charge in [0.1, 0.15) is 5.75 Å². The summed E-state index contributed by atoms with van der Waals surface area (Å²) >= 11 is 0. The molecule has 0 aliphatic carbocycles. The molecule has 2 aliphatic heterocycles. The molecule has 0 bridgehead atoms. The Kier molecular flexibility index (Phi) is 4.37. The van der Waals surface area contributed by atoms with Gasteiger partial charge in [0.05, 0.1) is 19.1 Å². The van der Waals surface area contributed by atoms with Crippen molar-refractivity contribution in [1.82, 2.24) is 25.7 Å². The van der Waals surface area contributed by atoms with Crippen LogP contribution in [0.1, 0.15) is 5.89 Å². The fourth-order valence-electron chi connectivity index (χ4n) is 3.91. The predicted octanol–water partition coefficient (Wildman–Crippen LogP) is 0.513. The molecule has 0 saturated carbocycles. The zero-order chi connectivity index (χ0) is 18.1. The maximum absolute atomic E-state index is 13.0. The summed E-state index contributed by atoms with van der Waals surface area (Å²) in [5.41, 5.74) is 0.488. The second-order valence-electron chi connectivity index (χ2n) is 7.02. The summed E-state index contributed by atoms with van der Waals surface area (Å²) in [5.74, 6) is 2.17. The topological polar surface area (TPSA) is 92.5 Å². The van der Waals surface area contributed by atoms with Gasteiger partial charge >= 0.3 is 0 Å². The van der Waals surface area contributed by atoms with Crippen molar-refractivity contribution in [3.05, 3.63) is 30.2 Å². The average molecular weight is 357 g/mol. The maximum atomic E-state index is 13.0. The van der Waals surface area contributed by atoms with Crippen molar-refractivity contribution < 1.29 is 14.1 Å². The highest BCUT2D eigenvalue weighted by Gasteiger charge is 2.53. The number of ether oxygens (including phenoxy) is 1. The maximum Gasteiger partial charge on any atom is 0.246 e. The molecule has 8 nitrogen and oxygen atoms in total. The van der Waals surface area contributed by atoms with E-state index in [1.165, 1.54) is 0 Å². The first kappa shape index (κ1) is 17.0. The summed E-state index contributed by atoms with van der Waals surface area (Å²) in [7, 11) is 3.42. The Morgan fingerprint density at radius 3 is 2.65 bits per heavy atom. The van der Waals surface area contributed by atoms with Crippen LogP contribution in [0, 0.1) is 11.3 Å². The number of amides is 1. The molecule has 2 aromatic rings. The van der Waals surface area contributed by atoms with Crippen LogP contribution in [0.2, 0.25) is 0 Å². The highest BCUT2D eigenvalue weighted by Crippen LogP contribution is 2.36. The van der Waals surface area contributed by atoms with E-state index >= 15 is 0 Å². The van der Waals surface area contributed by atoms with E-state index in [-0.39, 0.29) is 11.3 Å². The van der Waals surface area contributed by atoms with Crippen molar-refractivity contribution in [3.8, 4) is 17.1 Å². The molecule has 1 aromatic heterocycles. The quantitative estimate of drug-likeness (QED) is 0.805. The van der Waals surface area contributed by atoms with Crippen LogP contribution in [0.4, 0.5) is 0 Å². The number of carbonyl (C=O) groups excluding carboxylic acids is 1. The summed E-state index contributed by atoms with van der Waals surface area (Å²) in [4.78, 5) is 19.2. The van der Waals surface area contributed by atoms with Crippen LogP contribution < -0.4 is 15.4 Å². The molecule has 138 valence electrons. The van der Waals surface area contributed by atoms with E-state index in [0.717, 1.165) is 37.5 Å². The van der Waals surface area contributed by atoms with Crippen molar-refractivity contribution in [2.45, 2.75) is 6.54 Å². The van der Waals surface area contributed by atoms with Crippen LogP contribution in [0.25, 0.3) is 11.4 Å². The number of fused-ring (bicyclic) bond motifs is 1. The predicted molar refractivity (Wildman–Crippen MR) is 94.4 cm³/mol. The Bertz CT molecular complexity index is 778. The minimum Gasteiger partial charge on any atom is -0.497 e. The molecular formula is C18H23N5O3. The average Bonchev–Trinajstić information content (AvgIpc) is 3.36. The zero-order valence-corrected chi connectivity index (χ0v) is 15.0. The SMILES string of the molecule is COc1ccc(-c2noc(CN(C)C(=O)C34CNCC3CNC4)n2)cc1. The van der Waals surface area contributed by atoms with Crippen molar-refractivity contribution in [3.63, 3.8) is 0 Å². The van der Waals surface area contributed by atoms with Gasteiger partial charge in [0.15, 0.2) is 0 Å². The first-order valence-electron chi connectivity index (χ1n) is 8.76. The van der Waals surface area contributed by atoms with E-state index < -0.39 is 0 Å². The van der Waals surface area contributed by atoms with Gasteiger partial charge in [-0.1, -0.05) is 5.16 Å². The van der Waals surface area contributed by atoms with E-state index in [1.54, 1.807) is 19.1 Å². The molecule has 2 saturated heterocycles. The van der Waals surface area contributed by atoms with Crippen molar-refractivity contribution in [2.24, 2.45) is 11.3 Å². The third kappa shape index (κ3) is 2.85. The molecule has 1 aromatic carbocycles. The van der Waals surface area contributed by atoms with Crippen LogP contribution in [0.3, 0.4) is 0 Å². The fourth-order valence-corrected chi connectivity index (χ4v) is 3.91. The van der Waals surface area contributed by atoms with Crippen LogP contribution >= 0.6 is 0 Å². The highest BCUT2D eigenvalue weighted by atomic mass is 16.5. The molecule has 4 rings (SSSR count). The number of benzene rings is 1. The normalized spacial score (nSPS) is 24.5. The third-order valence-electron chi connectivity index (χ3n) is 5.41. The first-order valence-corrected chi connectivity index (χ1v) is 8.76. The Labute approximate surface area is 151 Å². The van der Waals surface area contributed by atoms with Gasteiger partial charge in [0, 0.05) is 44.7 Å². The molecule has 2 N–H and O–H groups in total. The van der Waals surface area contributed by atoms with Crippen LogP contribution in [0.5, 0.6) is 5.75 Å². The molecule has 3 heterocycles. The summed E-state index contributed by atoms with van der Waals surface area (Å²) in [5, 5.41) is 10.7. The fraction of sp³-hybridized carbons (Fsp3) is 0.500. The Morgan fingerprint density at radius 2 is 2.00 bits per heavy atom. The van der Waals surface area contributed by atoms with Gasteiger partial charge in [0.25, 0.3) is 0 Å². The molecule has 0 unspecified atom stereocenters. The Hall–Kier alpha value is -2.45. The molecule has 26 heavy (non-hydrogen) atoms. The number of carbonyl (C=O) groups is 1. The molecular weight excluding hydrogens is 334 g/mol. The van der Waals surface area contributed by atoms with Crippen LogP contribution in [0.15, 0.2) is 28.8 Å². The standard InChI is InChI=1S/C18H23N5O3/c1-23(17(24)18-10-19-7-13(18)8-20-11-18)9-15-21-16(22-26-15)12-3-5-14(25-2)6-4-12/h3-6,13,19-20H,7-11H2,1-2H3. The molecule has 2 aliphatic rings. The van der Waals surface area contributed by atoms with Crippen LogP contribution in [-0.4, -0.2) is 61.3 Å². The summed E-state index contributed by atoms with van der Waals surface area (Å²) < 4.78 is 10.5. The largest absolute Gasteiger partial charge is 0.497 e. The molecule has 8 heteroatoms. The second kappa shape index (κ2) is 6.69. The van der Waals surface area contributed by atoms with Crippen molar-refractivity contribution in [2.75, 3.05) is 40.3 Å². The van der Waals surface area contributed by atoms with Crippen LogP contribution in [-0.2, 0) is 11.3 Å². The number of methoxy groups -OCH3 is 1. The van der Waals surface area contributed by atoms with Gasteiger partial charge in [-0.25, -0.2) is 0 Å².